The predicted octanol–water partition coefficient (Wildman–Crippen LogP) is 1.65. The van der Waals surface area contributed by atoms with E-state index in [9.17, 15) is 5.11 Å². The standard InChI is InChI=1S/C13H19NO2/c1-16-13-6-4-11(5-7-13)9-14-8-2-3-12(15)10-14/h4-7,12,15H,2-3,8-10H2,1H3/t12-/m0/s1. The van der Waals surface area contributed by atoms with E-state index in [4.69, 9.17) is 4.74 Å². The van der Waals surface area contributed by atoms with Crippen LogP contribution in [-0.4, -0.2) is 36.3 Å². The van der Waals surface area contributed by atoms with Gasteiger partial charge in [-0.05, 0) is 37.1 Å². The number of β-amino-alcohol motifs (C(OH)–C–C–N with tert-alkyl or cyclic N) is 1. The van der Waals surface area contributed by atoms with Crippen LogP contribution < -0.4 is 4.74 Å². The second-order valence-electron chi connectivity index (χ2n) is 4.38. The smallest absolute Gasteiger partial charge is 0.118 e. The Bertz CT molecular complexity index is 323. The van der Waals surface area contributed by atoms with E-state index >= 15 is 0 Å². The molecule has 88 valence electrons. The summed E-state index contributed by atoms with van der Waals surface area (Å²) >= 11 is 0. The molecule has 0 aliphatic carbocycles. The number of hydrogen-bond acceptors (Lipinski definition) is 3. The Morgan fingerprint density at radius 1 is 1.38 bits per heavy atom. The van der Waals surface area contributed by atoms with E-state index in [-0.39, 0.29) is 6.10 Å². The van der Waals surface area contributed by atoms with E-state index in [2.05, 4.69) is 17.0 Å². The van der Waals surface area contributed by atoms with Gasteiger partial charge in [-0.15, -0.1) is 0 Å². The molecule has 0 amide bonds. The van der Waals surface area contributed by atoms with Gasteiger partial charge in [0.25, 0.3) is 0 Å². The van der Waals surface area contributed by atoms with Gasteiger partial charge in [0.1, 0.15) is 5.75 Å². The fourth-order valence-electron chi connectivity index (χ4n) is 2.16. The predicted molar refractivity (Wildman–Crippen MR) is 63.5 cm³/mol. The highest BCUT2D eigenvalue weighted by molar-refractivity contribution is 5.27. The first-order valence-electron chi connectivity index (χ1n) is 5.81. The molecule has 1 aromatic rings. The van der Waals surface area contributed by atoms with Gasteiger partial charge in [-0.1, -0.05) is 12.1 Å². The highest BCUT2D eigenvalue weighted by Crippen LogP contribution is 2.16. The van der Waals surface area contributed by atoms with Crippen molar-refractivity contribution in [3.05, 3.63) is 29.8 Å². The summed E-state index contributed by atoms with van der Waals surface area (Å²) in [7, 11) is 1.68. The zero-order valence-corrected chi connectivity index (χ0v) is 9.72. The molecule has 1 saturated heterocycles. The molecule has 3 heteroatoms. The van der Waals surface area contributed by atoms with Crippen LogP contribution in [0.25, 0.3) is 0 Å². The van der Waals surface area contributed by atoms with E-state index in [0.717, 1.165) is 38.2 Å². The third kappa shape index (κ3) is 2.97. The van der Waals surface area contributed by atoms with Crippen molar-refractivity contribution in [1.82, 2.24) is 4.90 Å². The number of aliphatic hydroxyl groups is 1. The first-order chi connectivity index (χ1) is 7.78. The molecule has 1 aliphatic heterocycles. The summed E-state index contributed by atoms with van der Waals surface area (Å²) in [6, 6.07) is 8.13. The van der Waals surface area contributed by atoms with Crippen LogP contribution in [0.4, 0.5) is 0 Å². The fraction of sp³-hybridized carbons (Fsp3) is 0.538. The average molecular weight is 221 g/mol. The van der Waals surface area contributed by atoms with Crippen molar-refractivity contribution in [2.75, 3.05) is 20.2 Å². The summed E-state index contributed by atoms with van der Waals surface area (Å²) in [6.45, 7) is 2.80. The lowest BCUT2D eigenvalue weighted by Crippen LogP contribution is -2.37. The third-order valence-electron chi connectivity index (χ3n) is 3.05. The Morgan fingerprint density at radius 2 is 2.12 bits per heavy atom. The Labute approximate surface area is 96.6 Å². The molecule has 0 spiro atoms. The van der Waals surface area contributed by atoms with Crippen LogP contribution in [0.2, 0.25) is 0 Å². The van der Waals surface area contributed by atoms with Crippen molar-refractivity contribution in [3.8, 4) is 5.75 Å². The van der Waals surface area contributed by atoms with Crippen LogP contribution in [0.15, 0.2) is 24.3 Å². The van der Waals surface area contributed by atoms with Crippen molar-refractivity contribution in [3.63, 3.8) is 0 Å². The summed E-state index contributed by atoms with van der Waals surface area (Å²) < 4.78 is 5.12. The summed E-state index contributed by atoms with van der Waals surface area (Å²) in [6.07, 6.45) is 1.89. The highest BCUT2D eigenvalue weighted by atomic mass is 16.5. The lowest BCUT2D eigenvalue weighted by atomic mass is 10.1. The molecule has 0 radical (unpaired) electrons. The number of likely N-dealkylation sites (tertiary alicyclic amines) is 1. The summed E-state index contributed by atoms with van der Waals surface area (Å²) in [5.41, 5.74) is 1.27. The van der Waals surface area contributed by atoms with Crippen molar-refractivity contribution in [1.29, 1.82) is 0 Å². The van der Waals surface area contributed by atoms with Gasteiger partial charge in [-0.25, -0.2) is 0 Å². The lowest BCUT2D eigenvalue weighted by Gasteiger charge is -2.29. The number of piperidine rings is 1. The average Bonchev–Trinajstić information content (AvgIpc) is 2.30. The van der Waals surface area contributed by atoms with Crippen molar-refractivity contribution in [2.45, 2.75) is 25.5 Å². The van der Waals surface area contributed by atoms with Crippen LogP contribution >= 0.6 is 0 Å². The van der Waals surface area contributed by atoms with E-state index < -0.39 is 0 Å². The Balaban J connectivity index is 1.92. The first kappa shape index (κ1) is 11.4. The van der Waals surface area contributed by atoms with Gasteiger partial charge in [-0.2, -0.15) is 0 Å². The molecular formula is C13H19NO2. The topological polar surface area (TPSA) is 32.7 Å². The number of methoxy groups -OCH3 is 1. The SMILES string of the molecule is COc1ccc(CN2CCC[C@H](O)C2)cc1. The zero-order valence-electron chi connectivity index (χ0n) is 9.72. The zero-order chi connectivity index (χ0) is 11.4. The minimum atomic E-state index is -0.146. The molecule has 16 heavy (non-hydrogen) atoms. The number of nitrogens with zero attached hydrogens (tertiary/aromatic N) is 1. The van der Waals surface area contributed by atoms with E-state index in [1.807, 2.05) is 12.1 Å². The van der Waals surface area contributed by atoms with Gasteiger partial charge >= 0.3 is 0 Å². The largest absolute Gasteiger partial charge is 0.497 e. The van der Waals surface area contributed by atoms with Gasteiger partial charge in [0.05, 0.1) is 13.2 Å². The molecule has 1 heterocycles. The normalized spacial score (nSPS) is 22.0. The van der Waals surface area contributed by atoms with Gasteiger partial charge < -0.3 is 9.84 Å². The Kier molecular flexibility index (Phi) is 3.80. The van der Waals surface area contributed by atoms with Crippen molar-refractivity contribution in [2.24, 2.45) is 0 Å². The molecule has 3 nitrogen and oxygen atoms in total. The minimum Gasteiger partial charge on any atom is -0.497 e. The van der Waals surface area contributed by atoms with Gasteiger partial charge in [-0.3, -0.25) is 4.90 Å². The van der Waals surface area contributed by atoms with Gasteiger partial charge in [0.15, 0.2) is 0 Å². The molecule has 1 aliphatic rings. The maximum absolute atomic E-state index is 9.58. The van der Waals surface area contributed by atoms with Gasteiger partial charge in [0.2, 0.25) is 0 Å². The summed E-state index contributed by atoms with van der Waals surface area (Å²) in [5, 5.41) is 9.58. The third-order valence-corrected chi connectivity index (χ3v) is 3.05. The molecule has 0 unspecified atom stereocenters. The molecule has 0 aromatic heterocycles. The molecule has 2 rings (SSSR count). The van der Waals surface area contributed by atoms with Crippen LogP contribution in [-0.2, 0) is 6.54 Å². The first-order valence-corrected chi connectivity index (χ1v) is 5.81. The molecule has 1 aromatic carbocycles. The summed E-state index contributed by atoms with van der Waals surface area (Å²) in [4.78, 5) is 2.30. The summed E-state index contributed by atoms with van der Waals surface area (Å²) in [5.74, 6) is 0.891. The monoisotopic (exact) mass is 221 g/mol. The van der Waals surface area contributed by atoms with Crippen LogP contribution in [0.1, 0.15) is 18.4 Å². The number of ether oxygens (including phenoxy) is 1. The maximum Gasteiger partial charge on any atom is 0.118 e. The van der Waals surface area contributed by atoms with Crippen LogP contribution in [0, 0.1) is 0 Å². The number of rotatable bonds is 3. The van der Waals surface area contributed by atoms with Crippen LogP contribution in [0.3, 0.4) is 0 Å². The van der Waals surface area contributed by atoms with E-state index in [0.29, 0.717) is 0 Å². The second-order valence-corrected chi connectivity index (χ2v) is 4.38. The maximum atomic E-state index is 9.58. The van der Waals surface area contributed by atoms with Crippen molar-refractivity contribution >= 4 is 0 Å². The minimum absolute atomic E-state index is 0.146. The molecule has 0 saturated carbocycles. The Hall–Kier alpha value is -1.06. The molecular weight excluding hydrogens is 202 g/mol. The van der Waals surface area contributed by atoms with Gasteiger partial charge in [0, 0.05) is 13.1 Å². The number of aliphatic hydroxyl groups excluding tert-OH is 1. The number of benzene rings is 1. The fourth-order valence-corrected chi connectivity index (χ4v) is 2.16. The Morgan fingerprint density at radius 3 is 2.75 bits per heavy atom. The van der Waals surface area contributed by atoms with Crippen LogP contribution in [0.5, 0.6) is 5.75 Å². The lowest BCUT2D eigenvalue weighted by molar-refractivity contribution is 0.0668. The molecule has 0 bridgehead atoms. The molecule has 1 atom stereocenters. The van der Waals surface area contributed by atoms with Crippen molar-refractivity contribution < 1.29 is 9.84 Å². The van der Waals surface area contributed by atoms with E-state index in [1.54, 1.807) is 7.11 Å². The second kappa shape index (κ2) is 5.32. The van der Waals surface area contributed by atoms with E-state index in [1.165, 1.54) is 5.56 Å². The number of hydrogen-bond donors (Lipinski definition) is 1. The molecule has 1 fully saturated rings. The highest BCUT2D eigenvalue weighted by Gasteiger charge is 2.17. The molecule has 1 N–H and O–H groups in total. The quantitative estimate of drug-likeness (QED) is 0.842.